The molecule has 6 nitrogen and oxygen atoms in total. The zero-order valence-electron chi connectivity index (χ0n) is 13.3. The van der Waals surface area contributed by atoms with Gasteiger partial charge in [-0.25, -0.2) is 0 Å². The SMILES string of the molecule is Cc1cc2c(cc1O)NC(=O)C[C@@H]2c1nc(-c2ccc(Cl)cc2)no1. The quantitative estimate of drug-likeness (QED) is 0.728. The molecule has 2 heterocycles. The minimum Gasteiger partial charge on any atom is -0.508 e. The molecular formula is C18H14ClN3O3. The first-order valence-electron chi connectivity index (χ1n) is 7.74. The second kappa shape index (κ2) is 5.89. The van der Waals surface area contributed by atoms with Gasteiger partial charge in [-0.15, -0.1) is 0 Å². The summed E-state index contributed by atoms with van der Waals surface area (Å²) in [5.74, 6) is 0.427. The molecule has 0 unspecified atom stereocenters. The fourth-order valence-corrected chi connectivity index (χ4v) is 3.05. The first kappa shape index (κ1) is 15.7. The number of amides is 1. The number of nitrogens with zero attached hydrogens (tertiary/aromatic N) is 2. The number of halogens is 1. The van der Waals surface area contributed by atoms with Crippen LogP contribution in [0.5, 0.6) is 5.75 Å². The van der Waals surface area contributed by atoms with E-state index < -0.39 is 0 Å². The van der Waals surface area contributed by atoms with Gasteiger partial charge < -0.3 is 14.9 Å². The van der Waals surface area contributed by atoms with Gasteiger partial charge in [-0.05, 0) is 48.4 Å². The maximum atomic E-state index is 12.0. The molecule has 4 rings (SSSR count). The number of benzene rings is 2. The number of phenols is 1. The van der Waals surface area contributed by atoms with Gasteiger partial charge in [0.1, 0.15) is 5.75 Å². The number of phenolic OH excluding ortho intramolecular Hbond substituents is 1. The molecule has 1 amide bonds. The van der Waals surface area contributed by atoms with Crippen molar-refractivity contribution in [1.82, 2.24) is 10.1 Å². The molecule has 0 aliphatic carbocycles. The van der Waals surface area contributed by atoms with Crippen LogP contribution in [0.2, 0.25) is 5.02 Å². The van der Waals surface area contributed by atoms with E-state index in [-0.39, 0.29) is 24.0 Å². The molecule has 0 spiro atoms. The van der Waals surface area contributed by atoms with Crippen LogP contribution in [0, 0.1) is 6.92 Å². The van der Waals surface area contributed by atoms with Crippen LogP contribution in [0.25, 0.3) is 11.4 Å². The van der Waals surface area contributed by atoms with E-state index >= 15 is 0 Å². The summed E-state index contributed by atoms with van der Waals surface area (Å²) in [6.45, 7) is 1.80. The Kier molecular flexibility index (Phi) is 3.69. The molecule has 2 aromatic carbocycles. The van der Waals surface area contributed by atoms with Crippen molar-refractivity contribution in [3.05, 3.63) is 58.4 Å². The van der Waals surface area contributed by atoms with Gasteiger partial charge in [0.25, 0.3) is 0 Å². The zero-order valence-corrected chi connectivity index (χ0v) is 14.0. The maximum absolute atomic E-state index is 12.0. The number of fused-ring (bicyclic) bond motifs is 1. The van der Waals surface area contributed by atoms with Gasteiger partial charge >= 0.3 is 0 Å². The number of nitrogens with one attached hydrogen (secondary N) is 1. The number of carbonyl (C=O) groups is 1. The van der Waals surface area contributed by atoms with Gasteiger partial charge in [-0.1, -0.05) is 16.8 Å². The van der Waals surface area contributed by atoms with Crippen LogP contribution in [0.1, 0.15) is 29.4 Å². The number of carbonyl (C=O) groups excluding carboxylic acids is 1. The largest absolute Gasteiger partial charge is 0.508 e. The third-order valence-electron chi connectivity index (χ3n) is 4.25. The topological polar surface area (TPSA) is 88.2 Å². The Morgan fingerprint density at radius 1 is 1.28 bits per heavy atom. The molecule has 2 N–H and O–H groups in total. The van der Waals surface area contributed by atoms with Crippen molar-refractivity contribution in [2.75, 3.05) is 5.32 Å². The summed E-state index contributed by atoms with van der Waals surface area (Å²) in [6.07, 6.45) is 0.208. The van der Waals surface area contributed by atoms with Crippen molar-refractivity contribution in [3.8, 4) is 17.1 Å². The first-order chi connectivity index (χ1) is 12.0. The number of rotatable bonds is 2. The summed E-state index contributed by atoms with van der Waals surface area (Å²) in [7, 11) is 0. The molecule has 0 fully saturated rings. The van der Waals surface area contributed by atoms with Crippen molar-refractivity contribution >= 4 is 23.2 Å². The highest BCUT2D eigenvalue weighted by molar-refractivity contribution is 6.30. The Bertz CT molecular complexity index is 966. The summed E-state index contributed by atoms with van der Waals surface area (Å²) in [5, 5.41) is 17.3. The lowest BCUT2D eigenvalue weighted by Gasteiger charge is -2.23. The normalized spacial score (nSPS) is 16.4. The summed E-state index contributed by atoms with van der Waals surface area (Å²) < 4.78 is 5.43. The predicted octanol–water partition coefficient (Wildman–Crippen LogP) is 3.88. The van der Waals surface area contributed by atoms with E-state index in [4.69, 9.17) is 16.1 Å². The van der Waals surface area contributed by atoms with Crippen LogP contribution >= 0.6 is 11.6 Å². The molecule has 1 aliphatic heterocycles. The van der Waals surface area contributed by atoms with Crippen LogP contribution in [-0.4, -0.2) is 21.2 Å². The lowest BCUT2D eigenvalue weighted by molar-refractivity contribution is -0.116. The highest BCUT2D eigenvalue weighted by atomic mass is 35.5. The van der Waals surface area contributed by atoms with Crippen molar-refractivity contribution in [2.24, 2.45) is 0 Å². The molecule has 1 aliphatic rings. The third kappa shape index (κ3) is 2.85. The molecule has 0 bridgehead atoms. The van der Waals surface area contributed by atoms with E-state index in [0.29, 0.717) is 22.4 Å². The smallest absolute Gasteiger partial charge is 0.235 e. The fraction of sp³-hybridized carbons (Fsp3) is 0.167. The zero-order chi connectivity index (χ0) is 17.6. The molecule has 126 valence electrons. The fourth-order valence-electron chi connectivity index (χ4n) is 2.93. The first-order valence-corrected chi connectivity index (χ1v) is 8.12. The Hall–Kier alpha value is -2.86. The van der Waals surface area contributed by atoms with E-state index in [2.05, 4.69) is 15.5 Å². The average molecular weight is 356 g/mol. The lowest BCUT2D eigenvalue weighted by Crippen LogP contribution is -2.23. The minimum absolute atomic E-state index is 0.132. The van der Waals surface area contributed by atoms with Crippen LogP contribution in [0.15, 0.2) is 40.9 Å². The molecular weight excluding hydrogens is 342 g/mol. The van der Waals surface area contributed by atoms with E-state index in [1.807, 2.05) is 6.07 Å². The summed E-state index contributed by atoms with van der Waals surface area (Å²) in [5.41, 5.74) is 2.91. The molecule has 3 aromatic rings. The highest BCUT2D eigenvalue weighted by Gasteiger charge is 2.31. The Morgan fingerprint density at radius 3 is 2.80 bits per heavy atom. The second-order valence-electron chi connectivity index (χ2n) is 5.99. The molecule has 1 atom stereocenters. The number of hydrogen-bond donors (Lipinski definition) is 2. The number of aromatic nitrogens is 2. The van der Waals surface area contributed by atoms with Gasteiger partial charge in [0, 0.05) is 28.8 Å². The van der Waals surface area contributed by atoms with Gasteiger partial charge in [-0.3, -0.25) is 4.79 Å². The van der Waals surface area contributed by atoms with Gasteiger partial charge in [-0.2, -0.15) is 4.98 Å². The van der Waals surface area contributed by atoms with Gasteiger partial charge in [0.15, 0.2) is 0 Å². The van der Waals surface area contributed by atoms with Crippen molar-refractivity contribution in [1.29, 1.82) is 0 Å². The monoisotopic (exact) mass is 355 g/mol. The lowest BCUT2D eigenvalue weighted by atomic mass is 9.89. The summed E-state index contributed by atoms with van der Waals surface area (Å²) in [4.78, 5) is 16.5. The highest BCUT2D eigenvalue weighted by Crippen LogP contribution is 2.39. The molecule has 25 heavy (non-hydrogen) atoms. The van der Waals surface area contributed by atoms with E-state index in [9.17, 15) is 9.90 Å². The predicted molar refractivity (Wildman–Crippen MR) is 92.7 cm³/mol. The molecule has 1 aromatic heterocycles. The number of aromatic hydroxyl groups is 1. The Labute approximate surface area is 148 Å². The average Bonchev–Trinajstić information content (AvgIpc) is 3.06. The van der Waals surface area contributed by atoms with Crippen molar-refractivity contribution in [3.63, 3.8) is 0 Å². The van der Waals surface area contributed by atoms with Crippen molar-refractivity contribution in [2.45, 2.75) is 19.3 Å². The van der Waals surface area contributed by atoms with E-state index in [1.165, 1.54) is 0 Å². The molecule has 0 saturated heterocycles. The second-order valence-corrected chi connectivity index (χ2v) is 6.43. The Morgan fingerprint density at radius 2 is 2.04 bits per heavy atom. The van der Waals surface area contributed by atoms with Crippen LogP contribution in [0.3, 0.4) is 0 Å². The summed E-state index contributed by atoms with van der Waals surface area (Å²) in [6, 6.07) is 10.5. The standard InChI is InChI=1S/C18H14ClN3O3/c1-9-6-12-13(7-16(24)20-14(12)8-15(9)23)18-21-17(22-25-18)10-2-4-11(19)5-3-10/h2-6,8,13,23H,7H2,1H3,(H,20,24)/t13-/m0/s1. The maximum Gasteiger partial charge on any atom is 0.235 e. The van der Waals surface area contributed by atoms with Crippen LogP contribution in [0.4, 0.5) is 5.69 Å². The summed E-state index contributed by atoms with van der Waals surface area (Å²) >= 11 is 5.90. The van der Waals surface area contributed by atoms with Crippen LogP contribution < -0.4 is 5.32 Å². The van der Waals surface area contributed by atoms with Crippen LogP contribution in [-0.2, 0) is 4.79 Å². The number of anilines is 1. The van der Waals surface area contributed by atoms with E-state index in [1.54, 1.807) is 37.3 Å². The van der Waals surface area contributed by atoms with E-state index in [0.717, 1.165) is 16.7 Å². The van der Waals surface area contributed by atoms with Crippen molar-refractivity contribution < 1.29 is 14.4 Å². The minimum atomic E-state index is -0.350. The number of aryl methyl sites for hydroxylation is 1. The van der Waals surface area contributed by atoms with Gasteiger partial charge in [0.2, 0.25) is 17.6 Å². The molecule has 0 radical (unpaired) electrons. The third-order valence-corrected chi connectivity index (χ3v) is 4.50. The Balaban J connectivity index is 1.75. The molecule has 0 saturated carbocycles. The molecule has 7 heteroatoms. The number of hydrogen-bond acceptors (Lipinski definition) is 5. The van der Waals surface area contributed by atoms with Gasteiger partial charge in [0.05, 0.1) is 5.92 Å².